The fourth-order valence-electron chi connectivity index (χ4n) is 0.613. The summed E-state index contributed by atoms with van der Waals surface area (Å²) in [5, 5.41) is 0.444. The Morgan fingerprint density at radius 2 is 2.36 bits per heavy atom. The fraction of sp³-hybridized carbons (Fsp3) is 0.429. The molecular weight excluding hydrogens is 330 g/mol. The summed E-state index contributed by atoms with van der Waals surface area (Å²) in [6.45, 7) is 2.11. The van der Waals surface area contributed by atoms with Crippen molar-refractivity contribution in [3.8, 4) is 0 Å². The van der Waals surface area contributed by atoms with Crippen LogP contribution in [0.1, 0.15) is 17.9 Å². The Balaban J connectivity index is 0.000001000. The molecule has 1 heterocycles. The van der Waals surface area contributed by atoms with Gasteiger partial charge < -0.3 is 9.97 Å². The molecule has 0 aliphatic carbocycles. The summed E-state index contributed by atoms with van der Waals surface area (Å²) in [5.41, 5.74) is 1.04. The van der Waals surface area contributed by atoms with E-state index in [0.717, 1.165) is 5.69 Å². The minimum absolute atomic E-state index is 0. The van der Waals surface area contributed by atoms with Gasteiger partial charge in [-0.25, -0.2) is 0 Å². The number of hydrogen-bond donors (Lipinski definition) is 0. The van der Waals surface area contributed by atoms with Crippen molar-refractivity contribution in [2.24, 2.45) is 0 Å². The summed E-state index contributed by atoms with van der Waals surface area (Å²) in [5.74, 6) is 0. The van der Waals surface area contributed by atoms with Gasteiger partial charge in [-0.15, -0.1) is 6.07 Å². The topological polar surface area (TPSA) is 25.8 Å². The average molecular weight is 339 g/mol. The van der Waals surface area contributed by atoms with E-state index in [0.29, 0.717) is 5.25 Å². The van der Waals surface area contributed by atoms with Crippen molar-refractivity contribution < 1.29 is 20.4 Å². The first-order valence-corrected chi connectivity index (χ1v) is 4.34. The van der Waals surface area contributed by atoms with Gasteiger partial charge in [0.25, 0.3) is 0 Å². The van der Waals surface area contributed by atoms with Gasteiger partial charge in [0, 0.05) is 20.4 Å². The number of hydrogen-bond acceptors (Lipinski definition) is 3. The zero-order valence-electron chi connectivity index (χ0n) is 6.41. The van der Waals surface area contributed by atoms with Crippen LogP contribution in [0.5, 0.6) is 0 Å². The van der Waals surface area contributed by atoms with E-state index in [-0.39, 0.29) is 20.4 Å². The van der Waals surface area contributed by atoms with E-state index >= 15 is 0 Å². The van der Waals surface area contributed by atoms with Crippen LogP contribution < -0.4 is 0 Å². The zero-order valence-corrected chi connectivity index (χ0v) is 9.94. The third kappa shape index (κ3) is 3.33. The van der Waals surface area contributed by atoms with Gasteiger partial charge in [0.1, 0.15) is 0 Å². The van der Waals surface area contributed by atoms with Crippen molar-refractivity contribution in [3.05, 3.63) is 24.3 Å². The van der Waals surface area contributed by atoms with E-state index in [9.17, 15) is 0 Å². The molecular formula is C7H9N2ReS-. The number of aromatic nitrogens is 2. The van der Waals surface area contributed by atoms with Crippen molar-refractivity contribution in [3.63, 3.8) is 0 Å². The van der Waals surface area contributed by atoms with Crippen LogP contribution in [0.3, 0.4) is 0 Å². The molecule has 0 bridgehead atoms. The molecule has 0 amide bonds. The van der Waals surface area contributed by atoms with Crippen LogP contribution in [0.2, 0.25) is 0 Å². The Morgan fingerprint density at radius 1 is 1.64 bits per heavy atom. The van der Waals surface area contributed by atoms with Crippen molar-refractivity contribution in [2.45, 2.75) is 12.2 Å². The van der Waals surface area contributed by atoms with Gasteiger partial charge in [-0.2, -0.15) is 11.8 Å². The Morgan fingerprint density at radius 3 is 2.82 bits per heavy atom. The molecule has 4 heteroatoms. The smallest absolute Gasteiger partial charge is 0 e. The molecule has 1 aromatic rings. The summed E-state index contributed by atoms with van der Waals surface area (Å²) in [4.78, 5) is 7.80. The number of rotatable bonds is 2. The molecule has 1 radical (unpaired) electrons. The molecule has 0 spiro atoms. The number of thioether (sulfide) groups is 1. The standard InChI is InChI=1S/C7H9N2S.Re/c1-6(10-2)7-3-4-8-5-9-7;/h3,5-6H,1-2H3;/q-1;. The molecule has 0 fully saturated rings. The molecule has 1 aromatic heterocycles. The molecule has 1 atom stereocenters. The first-order valence-electron chi connectivity index (χ1n) is 3.05. The van der Waals surface area contributed by atoms with Gasteiger partial charge >= 0.3 is 0 Å². The molecule has 0 aromatic carbocycles. The molecule has 2 nitrogen and oxygen atoms in total. The first kappa shape index (κ1) is 11.1. The van der Waals surface area contributed by atoms with E-state index < -0.39 is 0 Å². The summed E-state index contributed by atoms with van der Waals surface area (Å²) >= 11 is 1.77. The Labute approximate surface area is 84.9 Å². The van der Waals surface area contributed by atoms with Gasteiger partial charge in [-0.1, -0.05) is 18.8 Å². The van der Waals surface area contributed by atoms with E-state index in [1.54, 1.807) is 11.8 Å². The van der Waals surface area contributed by atoms with Crippen LogP contribution in [0.15, 0.2) is 12.4 Å². The number of nitrogens with zero attached hydrogens (tertiary/aromatic N) is 2. The Kier molecular flexibility index (Phi) is 5.75. The third-order valence-electron chi connectivity index (χ3n) is 1.32. The SMILES string of the molecule is CSC(C)c1c[c-]ncn1.[Re]. The monoisotopic (exact) mass is 340 g/mol. The maximum Gasteiger partial charge on any atom is 0 e. The van der Waals surface area contributed by atoms with Crippen LogP contribution >= 0.6 is 11.8 Å². The molecule has 0 saturated carbocycles. The zero-order chi connectivity index (χ0) is 7.40. The van der Waals surface area contributed by atoms with Crippen LogP contribution in [-0.2, 0) is 20.4 Å². The van der Waals surface area contributed by atoms with Crippen LogP contribution in [0.4, 0.5) is 0 Å². The molecule has 1 rings (SSSR count). The molecule has 1 unspecified atom stereocenters. The van der Waals surface area contributed by atoms with E-state index in [1.165, 1.54) is 6.33 Å². The second-order valence-electron chi connectivity index (χ2n) is 1.95. The van der Waals surface area contributed by atoms with Crippen molar-refractivity contribution in [1.82, 2.24) is 9.97 Å². The largest absolute Gasteiger partial charge is 0.376 e. The quantitative estimate of drug-likeness (QED) is 0.767. The van der Waals surface area contributed by atoms with Crippen molar-refractivity contribution in [2.75, 3.05) is 6.26 Å². The van der Waals surface area contributed by atoms with E-state index in [1.807, 2.05) is 6.07 Å². The molecule has 0 aliphatic rings. The van der Waals surface area contributed by atoms with Crippen LogP contribution in [-0.4, -0.2) is 16.2 Å². The Hall–Kier alpha value is 0.0923. The molecule has 0 N–H and O–H groups in total. The van der Waals surface area contributed by atoms with E-state index in [2.05, 4.69) is 29.3 Å². The second-order valence-corrected chi connectivity index (χ2v) is 3.13. The molecule has 11 heavy (non-hydrogen) atoms. The van der Waals surface area contributed by atoms with Gasteiger partial charge in [0.05, 0.1) is 0 Å². The van der Waals surface area contributed by atoms with Crippen molar-refractivity contribution >= 4 is 11.8 Å². The second kappa shape index (κ2) is 5.71. The molecule has 61 valence electrons. The van der Waals surface area contributed by atoms with Crippen LogP contribution in [0, 0.1) is 6.20 Å². The summed E-state index contributed by atoms with van der Waals surface area (Å²) in [6.07, 6.45) is 6.34. The maximum absolute atomic E-state index is 4.09. The summed E-state index contributed by atoms with van der Waals surface area (Å²) in [6, 6.07) is 1.82. The van der Waals surface area contributed by atoms with Crippen molar-refractivity contribution in [1.29, 1.82) is 0 Å². The minimum Gasteiger partial charge on any atom is -0.376 e. The van der Waals surface area contributed by atoms with Gasteiger partial charge in [0.15, 0.2) is 0 Å². The molecule has 0 aliphatic heterocycles. The predicted molar refractivity (Wildman–Crippen MR) is 42.8 cm³/mol. The normalized spacial score (nSPS) is 11.8. The predicted octanol–water partition coefficient (Wildman–Crippen LogP) is 1.70. The maximum atomic E-state index is 4.09. The third-order valence-corrected chi connectivity index (χ3v) is 2.27. The van der Waals surface area contributed by atoms with Gasteiger partial charge in [0.2, 0.25) is 0 Å². The fourth-order valence-corrected chi connectivity index (χ4v) is 0.983. The van der Waals surface area contributed by atoms with Gasteiger partial charge in [-0.3, -0.25) is 0 Å². The van der Waals surface area contributed by atoms with Gasteiger partial charge in [-0.05, 0) is 17.8 Å². The average Bonchev–Trinajstić information content (AvgIpc) is 2.05. The van der Waals surface area contributed by atoms with Crippen LogP contribution in [0.25, 0.3) is 0 Å². The minimum atomic E-state index is 0. The molecule has 0 saturated heterocycles. The van der Waals surface area contributed by atoms with E-state index in [4.69, 9.17) is 0 Å². The summed E-state index contributed by atoms with van der Waals surface area (Å²) < 4.78 is 0. The Bertz CT molecular complexity index is 193. The summed E-state index contributed by atoms with van der Waals surface area (Å²) in [7, 11) is 0. The first-order chi connectivity index (χ1) is 4.84.